The van der Waals surface area contributed by atoms with Crippen LogP contribution in [0.15, 0.2) is 11.4 Å². The van der Waals surface area contributed by atoms with Gasteiger partial charge in [-0.05, 0) is 39.2 Å². The Morgan fingerprint density at radius 3 is 2.28 bits per heavy atom. The van der Waals surface area contributed by atoms with Crippen LogP contribution in [0.2, 0.25) is 0 Å². The second kappa shape index (κ2) is 10.4. The fourth-order valence-corrected chi connectivity index (χ4v) is 4.82. The van der Waals surface area contributed by atoms with Gasteiger partial charge in [0.05, 0.1) is 31.5 Å². The Hall–Kier alpha value is -0.720. The van der Waals surface area contributed by atoms with Crippen molar-refractivity contribution in [3.63, 3.8) is 0 Å². The number of hydrogen-bond acceptors (Lipinski definition) is 6. The predicted octanol–water partition coefficient (Wildman–Crippen LogP) is 2.95. The topological polar surface area (TPSA) is 99.9 Å². The van der Waals surface area contributed by atoms with Gasteiger partial charge in [0, 0.05) is 18.3 Å². The van der Waals surface area contributed by atoms with Crippen molar-refractivity contribution in [1.82, 2.24) is 5.32 Å². The number of ether oxygens (including phenoxy) is 1. The Morgan fingerprint density at radius 2 is 1.84 bits per heavy atom. The normalized spacial score (nSPS) is 24.3. The molecular formula is C17H33N2O5P. The summed E-state index contributed by atoms with van der Waals surface area (Å²) >= 11 is 0. The van der Waals surface area contributed by atoms with E-state index in [1.807, 2.05) is 13.8 Å². The molecule has 0 bridgehead atoms. The summed E-state index contributed by atoms with van der Waals surface area (Å²) in [5, 5.41) is 3.40. The zero-order chi connectivity index (χ0) is 19.0. The van der Waals surface area contributed by atoms with Gasteiger partial charge < -0.3 is 24.8 Å². The highest BCUT2D eigenvalue weighted by molar-refractivity contribution is 7.58. The molecule has 3 atom stereocenters. The number of hydrogen-bond donors (Lipinski definition) is 2. The molecule has 8 heteroatoms. The Labute approximate surface area is 151 Å². The summed E-state index contributed by atoms with van der Waals surface area (Å²) in [6.07, 6.45) is 3.34. The average Bonchev–Trinajstić information content (AvgIpc) is 2.55. The van der Waals surface area contributed by atoms with Crippen molar-refractivity contribution in [2.75, 3.05) is 13.2 Å². The molecule has 146 valence electrons. The Morgan fingerprint density at radius 1 is 1.28 bits per heavy atom. The number of nitrogens with one attached hydrogen (secondary N) is 1. The maximum atomic E-state index is 13.1. The summed E-state index contributed by atoms with van der Waals surface area (Å²) in [4.78, 5) is 11.6. The molecule has 25 heavy (non-hydrogen) atoms. The largest absolute Gasteiger partial charge is 0.369 e. The van der Waals surface area contributed by atoms with Crippen LogP contribution in [0.4, 0.5) is 0 Å². The van der Waals surface area contributed by atoms with Gasteiger partial charge in [0.1, 0.15) is 0 Å². The average molecular weight is 376 g/mol. The standard InChI is InChI=1S/C17H33N2O5P/c1-6-13(7-2)24-16-11-14(25(21,22-8-3)23-9-4)10-15(18)17(16)19-12(5)20/h11,13,15-17H,6-10,18H2,1-5H3,(H,19,20)/t15-,16+,17+/m0/s1. The van der Waals surface area contributed by atoms with Gasteiger partial charge in [-0.2, -0.15) is 0 Å². The molecule has 0 unspecified atom stereocenters. The third-order valence-corrected chi connectivity index (χ3v) is 6.43. The van der Waals surface area contributed by atoms with Crippen LogP contribution >= 0.6 is 7.60 Å². The van der Waals surface area contributed by atoms with E-state index in [0.29, 0.717) is 11.7 Å². The summed E-state index contributed by atoms with van der Waals surface area (Å²) in [5.41, 5.74) is 6.29. The van der Waals surface area contributed by atoms with E-state index in [-0.39, 0.29) is 31.3 Å². The lowest BCUT2D eigenvalue weighted by molar-refractivity contribution is -0.121. The summed E-state index contributed by atoms with van der Waals surface area (Å²) in [7, 11) is -3.40. The lowest BCUT2D eigenvalue weighted by Gasteiger charge is -2.38. The maximum absolute atomic E-state index is 13.1. The first kappa shape index (κ1) is 22.3. The zero-order valence-corrected chi connectivity index (χ0v) is 16.9. The van der Waals surface area contributed by atoms with Crippen molar-refractivity contribution >= 4 is 13.5 Å². The molecule has 1 aliphatic carbocycles. The molecule has 0 aromatic rings. The Balaban J connectivity index is 3.19. The highest BCUT2D eigenvalue weighted by Crippen LogP contribution is 2.58. The van der Waals surface area contributed by atoms with Crippen LogP contribution in [-0.4, -0.2) is 43.4 Å². The highest BCUT2D eigenvalue weighted by atomic mass is 31.2. The second-order valence-corrected chi connectivity index (χ2v) is 8.21. The van der Waals surface area contributed by atoms with Gasteiger partial charge in [-0.15, -0.1) is 0 Å². The molecular weight excluding hydrogens is 343 g/mol. The summed E-state index contributed by atoms with van der Waals surface area (Å²) < 4.78 is 30.1. The first-order valence-electron chi connectivity index (χ1n) is 9.09. The van der Waals surface area contributed by atoms with E-state index >= 15 is 0 Å². The summed E-state index contributed by atoms with van der Waals surface area (Å²) in [6, 6.07) is -0.809. The van der Waals surface area contributed by atoms with E-state index in [0.717, 1.165) is 12.8 Å². The first-order chi connectivity index (χ1) is 11.8. The fraction of sp³-hybridized carbons (Fsp3) is 0.824. The van der Waals surface area contributed by atoms with Crippen molar-refractivity contribution in [2.24, 2.45) is 5.73 Å². The Kier molecular flexibility index (Phi) is 9.32. The van der Waals surface area contributed by atoms with Crippen LogP contribution in [0.5, 0.6) is 0 Å². The molecule has 1 rings (SSSR count). The molecule has 0 aromatic carbocycles. The third kappa shape index (κ3) is 6.19. The maximum Gasteiger partial charge on any atom is 0.357 e. The molecule has 3 N–H and O–H groups in total. The van der Waals surface area contributed by atoms with Gasteiger partial charge in [-0.1, -0.05) is 13.8 Å². The van der Waals surface area contributed by atoms with Crippen molar-refractivity contribution in [1.29, 1.82) is 0 Å². The molecule has 0 spiro atoms. The molecule has 7 nitrogen and oxygen atoms in total. The molecule has 0 saturated carbocycles. The van der Waals surface area contributed by atoms with Crippen LogP contribution in [0.1, 0.15) is 53.9 Å². The fourth-order valence-electron chi connectivity index (χ4n) is 2.97. The van der Waals surface area contributed by atoms with E-state index in [1.54, 1.807) is 19.9 Å². The van der Waals surface area contributed by atoms with E-state index in [1.165, 1.54) is 6.92 Å². The van der Waals surface area contributed by atoms with Crippen LogP contribution < -0.4 is 11.1 Å². The minimum Gasteiger partial charge on any atom is -0.369 e. The molecule has 0 heterocycles. The van der Waals surface area contributed by atoms with E-state index in [9.17, 15) is 9.36 Å². The number of carbonyl (C=O) groups excluding carboxylic acids is 1. The molecule has 0 radical (unpaired) electrons. The molecule has 0 saturated heterocycles. The van der Waals surface area contributed by atoms with Crippen LogP contribution in [-0.2, 0) is 23.1 Å². The lowest BCUT2D eigenvalue weighted by Crippen LogP contribution is -2.56. The van der Waals surface area contributed by atoms with Gasteiger partial charge in [0.25, 0.3) is 0 Å². The molecule has 0 aliphatic heterocycles. The number of amides is 1. The second-order valence-electron chi connectivity index (χ2n) is 6.12. The third-order valence-electron chi connectivity index (χ3n) is 4.20. The van der Waals surface area contributed by atoms with E-state index in [2.05, 4.69) is 5.32 Å². The van der Waals surface area contributed by atoms with Gasteiger partial charge in [0.15, 0.2) is 0 Å². The van der Waals surface area contributed by atoms with Crippen LogP contribution in [0.25, 0.3) is 0 Å². The van der Waals surface area contributed by atoms with E-state index < -0.39 is 19.7 Å². The molecule has 0 fully saturated rings. The Bertz CT molecular complexity index is 497. The molecule has 0 aromatic heterocycles. The summed E-state index contributed by atoms with van der Waals surface area (Å²) in [5.74, 6) is -0.173. The van der Waals surface area contributed by atoms with Crippen molar-refractivity contribution in [3.05, 3.63) is 11.4 Å². The van der Waals surface area contributed by atoms with Gasteiger partial charge in [-0.25, -0.2) is 0 Å². The van der Waals surface area contributed by atoms with E-state index in [4.69, 9.17) is 19.5 Å². The minimum atomic E-state index is -3.40. The quantitative estimate of drug-likeness (QED) is 0.569. The molecule has 1 amide bonds. The number of nitrogens with two attached hydrogens (primary N) is 1. The monoisotopic (exact) mass is 376 g/mol. The number of rotatable bonds is 10. The van der Waals surface area contributed by atoms with Crippen molar-refractivity contribution in [2.45, 2.75) is 78.2 Å². The predicted molar refractivity (Wildman–Crippen MR) is 98.4 cm³/mol. The van der Waals surface area contributed by atoms with Crippen molar-refractivity contribution in [3.8, 4) is 0 Å². The summed E-state index contributed by atoms with van der Waals surface area (Å²) in [6.45, 7) is 9.63. The minimum absolute atomic E-state index is 0.0302. The van der Waals surface area contributed by atoms with Gasteiger partial charge in [0.2, 0.25) is 5.91 Å². The van der Waals surface area contributed by atoms with Gasteiger partial charge in [-0.3, -0.25) is 9.36 Å². The SMILES string of the molecule is CCOP(=O)(OCC)C1=C[C@@H](OC(CC)CC)[C@H](NC(C)=O)[C@@H](N)C1. The van der Waals surface area contributed by atoms with Crippen molar-refractivity contribution < 1.29 is 23.1 Å². The lowest BCUT2D eigenvalue weighted by atomic mass is 9.93. The van der Waals surface area contributed by atoms with Crippen LogP contribution in [0, 0.1) is 0 Å². The highest BCUT2D eigenvalue weighted by Gasteiger charge is 2.40. The molecule has 1 aliphatic rings. The smallest absolute Gasteiger partial charge is 0.357 e. The van der Waals surface area contributed by atoms with Crippen LogP contribution in [0.3, 0.4) is 0 Å². The van der Waals surface area contributed by atoms with Gasteiger partial charge >= 0.3 is 7.60 Å². The zero-order valence-electron chi connectivity index (χ0n) is 16.0. The first-order valence-corrected chi connectivity index (χ1v) is 10.6. The number of carbonyl (C=O) groups is 1.